The first-order valence-corrected chi connectivity index (χ1v) is 7.30. The highest BCUT2D eigenvalue weighted by atomic mass is 32.1. The van der Waals surface area contributed by atoms with Crippen molar-refractivity contribution in [3.05, 3.63) is 22.8 Å². The summed E-state index contributed by atoms with van der Waals surface area (Å²) >= 11 is 1.49. The van der Waals surface area contributed by atoms with Gasteiger partial charge in [-0.05, 0) is 37.2 Å². The van der Waals surface area contributed by atoms with Crippen LogP contribution in [-0.2, 0) is 12.8 Å². The van der Waals surface area contributed by atoms with Gasteiger partial charge in [-0.15, -0.1) is 0 Å². The smallest absolute Gasteiger partial charge is 0.226 e. The number of fused-ring (bicyclic) bond motifs is 1. The number of aromatic nitrogens is 3. The molecule has 4 rings (SSSR count). The van der Waals surface area contributed by atoms with E-state index in [-0.39, 0.29) is 0 Å². The zero-order valence-corrected chi connectivity index (χ0v) is 10.9. The van der Waals surface area contributed by atoms with Gasteiger partial charge < -0.3 is 4.90 Å². The summed E-state index contributed by atoms with van der Waals surface area (Å²) < 4.78 is 4.20. The minimum absolute atomic E-state index is 0.920. The molecule has 18 heavy (non-hydrogen) atoms. The maximum Gasteiger partial charge on any atom is 0.226 e. The summed E-state index contributed by atoms with van der Waals surface area (Å²) in [5, 5.41) is 2.08. The second-order valence-corrected chi connectivity index (χ2v) is 5.56. The molecule has 0 N–H and O–H groups in total. The Labute approximate surface area is 110 Å². The third-order valence-electron chi connectivity index (χ3n) is 3.77. The molecular weight excluding hydrogens is 244 g/mol. The lowest BCUT2D eigenvalue weighted by molar-refractivity contribution is 0.599. The lowest BCUT2D eigenvalue weighted by atomic mass is 10.1. The van der Waals surface area contributed by atoms with Crippen LogP contribution in [0.3, 0.4) is 0 Å². The van der Waals surface area contributed by atoms with Crippen LogP contribution in [0.2, 0.25) is 0 Å². The fourth-order valence-electron chi connectivity index (χ4n) is 2.64. The van der Waals surface area contributed by atoms with Crippen LogP contribution in [0.5, 0.6) is 0 Å². The average Bonchev–Trinajstić information content (AvgIpc) is 2.96. The first kappa shape index (κ1) is 10.4. The zero-order valence-electron chi connectivity index (χ0n) is 10.1. The van der Waals surface area contributed by atoms with Gasteiger partial charge in [0.15, 0.2) is 0 Å². The molecular formula is C13H14N4S. The van der Waals surface area contributed by atoms with Crippen molar-refractivity contribution in [3.8, 4) is 11.3 Å². The van der Waals surface area contributed by atoms with E-state index in [2.05, 4.69) is 14.7 Å². The van der Waals surface area contributed by atoms with Crippen molar-refractivity contribution in [2.45, 2.75) is 25.7 Å². The Bertz CT molecular complexity index is 575. The topological polar surface area (TPSA) is 41.9 Å². The second kappa shape index (κ2) is 4.02. The van der Waals surface area contributed by atoms with Crippen molar-refractivity contribution < 1.29 is 0 Å². The van der Waals surface area contributed by atoms with E-state index in [4.69, 9.17) is 9.97 Å². The highest BCUT2D eigenvalue weighted by molar-refractivity contribution is 7.03. The Hall–Kier alpha value is -1.49. The van der Waals surface area contributed by atoms with E-state index in [1.807, 2.05) is 6.20 Å². The molecule has 1 aliphatic carbocycles. The third-order valence-corrected chi connectivity index (χ3v) is 4.35. The molecule has 3 heterocycles. The Morgan fingerprint density at radius 2 is 2.06 bits per heavy atom. The van der Waals surface area contributed by atoms with E-state index < -0.39 is 0 Å². The molecule has 1 aliphatic heterocycles. The quantitative estimate of drug-likeness (QED) is 0.829. The van der Waals surface area contributed by atoms with Crippen molar-refractivity contribution >= 4 is 17.5 Å². The first-order valence-electron chi connectivity index (χ1n) is 6.46. The predicted octanol–water partition coefficient (Wildman–Crippen LogP) is 2.30. The van der Waals surface area contributed by atoms with E-state index in [1.54, 1.807) is 0 Å². The van der Waals surface area contributed by atoms with Crippen molar-refractivity contribution in [2.75, 3.05) is 18.0 Å². The molecule has 0 bridgehead atoms. The third kappa shape index (κ3) is 1.54. The second-order valence-electron chi connectivity index (χ2n) is 4.90. The minimum atomic E-state index is 0.920. The molecule has 2 aromatic heterocycles. The zero-order chi connectivity index (χ0) is 11.9. The molecule has 1 saturated heterocycles. The predicted molar refractivity (Wildman–Crippen MR) is 72.0 cm³/mol. The molecule has 5 heteroatoms. The standard InChI is InChI=1S/C13H14N4S/c1-3-10-11(4-1)15-13(17-5-2-6-17)16-12(10)9-7-14-18-8-9/h7-8H,1-6H2. The van der Waals surface area contributed by atoms with Crippen LogP contribution in [0.1, 0.15) is 24.1 Å². The van der Waals surface area contributed by atoms with Gasteiger partial charge in [0, 0.05) is 35.3 Å². The summed E-state index contributed by atoms with van der Waals surface area (Å²) in [6, 6.07) is 0. The van der Waals surface area contributed by atoms with Crippen LogP contribution >= 0.6 is 11.5 Å². The summed E-state index contributed by atoms with van der Waals surface area (Å²) in [5.74, 6) is 0.920. The fraction of sp³-hybridized carbons (Fsp3) is 0.462. The van der Waals surface area contributed by atoms with Gasteiger partial charge in [-0.2, -0.15) is 0 Å². The molecule has 0 spiro atoms. The van der Waals surface area contributed by atoms with Gasteiger partial charge in [-0.25, -0.2) is 14.3 Å². The number of hydrogen-bond acceptors (Lipinski definition) is 5. The summed E-state index contributed by atoms with van der Waals surface area (Å²) in [5.41, 5.74) is 4.88. The van der Waals surface area contributed by atoms with Gasteiger partial charge in [-0.3, -0.25) is 0 Å². The monoisotopic (exact) mass is 258 g/mol. The molecule has 0 unspecified atom stereocenters. The van der Waals surface area contributed by atoms with Crippen LogP contribution in [0.4, 0.5) is 5.95 Å². The van der Waals surface area contributed by atoms with Gasteiger partial charge in [0.05, 0.1) is 11.9 Å². The SMILES string of the molecule is c1nscc1-c1nc(N2CCC2)nc2c1CCC2. The minimum Gasteiger partial charge on any atom is -0.341 e. The molecule has 0 amide bonds. The summed E-state index contributed by atoms with van der Waals surface area (Å²) in [4.78, 5) is 11.8. The van der Waals surface area contributed by atoms with E-state index in [9.17, 15) is 0 Å². The molecule has 4 nitrogen and oxygen atoms in total. The Kier molecular flexibility index (Phi) is 2.33. The van der Waals surface area contributed by atoms with Gasteiger partial charge in [0.25, 0.3) is 0 Å². The summed E-state index contributed by atoms with van der Waals surface area (Å²) in [6.07, 6.45) is 6.60. The van der Waals surface area contributed by atoms with Crippen LogP contribution in [0.25, 0.3) is 11.3 Å². The van der Waals surface area contributed by atoms with Gasteiger partial charge in [0.2, 0.25) is 5.95 Å². The van der Waals surface area contributed by atoms with E-state index in [0.29, 0.717) is 0 Å². The number of anilines is 1. The van der Waals surface area contributed by atoms with E-state index in [1.165, 1.54) is 35.6 Å². The lowest BCUT2D eigenvalue weighted by Gasteiger charge is -2.31. The van der Waals surface area contributed by atoms with E-state index >= 15 is 0 Å². The van der Waals surface area contributed by atoms with E-state index in [0.717, 1.165) is 43.1 Å². The van der Waals surface area contributed by atoms with Crippen LogP contribution < -0.4 is 4.90 Å². The van der Waals surface area contributed by atoms with Crippen molar-refractivity contribution in [3.63, 3.8) is 0 Å². The molecule has 2 aliphatic rings. The highest BCUT2D eigenvalue weighted by Gasteiger charge is 2.24. The fourth-order valence-corrected chi connectivity index (χ4v) is 3.16. The number of aryl methyl sites for hydroxylation is 1. The van der Waals surface area contributed by atoms with Crippen LogP contribution in [0, 0.1) is 0 Å². The molecule has 0 radical (unpaired) electrons. The Morgan fingerprint density at radius 3 is 2.78 bits per heavy atom. The maximum absolute atomic E-state index is 4.79. The molecule has 0 saturated carbocycles. The molecule has 0 aromatic carbocycles. The van der Waals surface area contributed by atoms with Crippen LogP contribution in [-0.4, -0.2) is 27.4 Å². The van der Waals surface area contributed by atoms with Crippen LogP contribution in [0.15, 0.2) is 11.6 Å². The van der Waals surface area contributed by atoms with Gasteiger partial charge >= 0.3 is 0 Å². The van der Waals surface area contributed by atoms with Crippen molar-refractivity contribution in [2.24, 2.45) is 0 Å². The number of nitrogens with zero attached hydrogens (tertiary/aromatic N) is 4. The van der Waals surface area contributed by atoms with Crippen molar-refractivity contribution in [1.82, 2.24) is 14.3 Å². The molecule has 0 atom stereocenters. The largest absolute Gasteiger partial charge is 0.341 e. The maximum atomic E-state index is 4.79. The number of hydrogen-bond donors (Lipinski definition) is 0. The number of rotatable bonds is 2. The summed E-state index contributed by atoms with van der Waals surface area (Å²) in [7, 11) is 0. The lowest BCUT2D eigenvalue weighted by Crippen LogP contribution is -2.38. The van der Waals surface area contributed by atoms with Gasteiger partial charge in [0.1, 0.15) is 0 Å². The first-order chi connectivity index (χ1) is 8.92. The van der Waals surface area contributed by atoms with Crippen molar-refractivity contribution in [1.29, 1.82) is 0 Å². The Morgan fingerprint density at radius 1 is 1.11 bits per heavy atom. The average molecular weight is 258 g/mol. The Balaban J connectivity index is 1.86. The molecule has 2 aromatic rings. The molecule has 1 fully saturated rings. The normalized spacial score (nSPS) is 17.7. The molecule has 92 valence electrons. The summed E-state index contributed by atoms with van der Waals surface area (Å²) in [6.45, 7) is 2.19. The van der Waals surface area contributed by atoms with Gasteiger partial charge in [-0.1, -0.05) is 0 Å². The highest BCUT2D eigenvalue weighted by Crippen LogP contribution is 2.32.